The summed E-state index contributed by atoms with van der Waals surface area (Å²) in [5, 5.41) is 2.41. The Morgan fingerprint density at radius 1 is 1.13 bits per heavy atom. The van der Waals surface area contributed by atoms with Gasteiger partial charge in [-0.15, -0.1) is 0 Å². The SMILES string of the molecule is Cc1oc(=O)oc1COC(=O)C1[C@H]2CN(c3c(F)cc(N4C[C@H](CNC(=O)C(Cl)Cl)OC4=O)cc3F)C[C@@H]12. The number of carbonyl (C=O) groups is 3. The fraction of sp³-hybridized carbons (Fsp3) is 0.478. The fourth-order valence-corrected chi connectivity index (χ4v) is 5.09. The zero-order valence-corrected chi connectivity index (χ0v) is 21.3. The van der Waals surface area contributed by atoms with Crippen LogP contribution in [0, 0.1) is 36.3 Å². The highest BCUT2D eigenvalue weighted by Crippen LogP contribution is 2.53. The van der Waals surface area contributed by atoms with Crippen molar-refractivity contribution < 1.29 is 41.5 Å². The van der Waals surface area contributed by atoms with Gasteiger partial charge in [0.25, 0.3) is 5.91 Å². The van der Waals surface area contributed by atoms with Gasteiger partial charge in [0.05, 0.1) is 24.7 Å². The van der Waals surface area contributed by atoms with Gasteiger partial charge >= 0.3 is 17.9 Å². The molecule has 3 heterocycles. The van der Waals surface area contributed by atoms with E-state index in [0.29, 0.717) is 0 Å². The van der Waals surface area contributed by atoms with Gasteiger partial charge in [0.15, 0.2) is 34.6 Å². The molecule has 2 aliphatic heterocycles. The third-order valence-electron chi connectivity index (χ3n) is 6.85. The molecule has 1 aromatic carbocycles. The minimum absolute atomic E-state index is 0.0397. The Hall–Kier alpha value is -3.32. The third-order valence-corrected chi connectivity index (χ3v) is 7.25. The van der Waals surface area contributed by atoms with Crippen LogP contribution in [0.25, 0.3) is 0 Å². The summed E-state index contributed by atoms with van der Waals surface area (Å²) in [5.74, 6) is -4.12. The van der Waals surface area contributed by atoms with Crippen molar-refractivity contribution in [3.05, 3.63) is 45.9 Å². The summed E-state index contributed by atoms with van der Waals surface area (Å²) < 4.78 is 50.0. The lowest BCUT2D eigenvalue weighted by molar-refractivity contribution is -0.147. The number of nitrogens with zero attached hydrogens (tertiary/aromatic N) is 2. The number of alkyl halides is 2. The van der Waals surface area contributed by atoms with Crippen molar-refractivity contribution in [3.8, 4) is 0 Å². The first kappa shape index (κ1) is 26.3. The molecule has 2 aromatic rings. The van der Waals surface area contributed by atoms with E-state index in [0.717, 1.165) is 17.0 Å². The number of fused-ring (bicyclic) bond motifs is 1. The van der Waals surface area contributed by atoms with E-state index < -0.39 is 52.3 Å². The molecule has 1 saturated carbocycles. The van der Waals surface area contributed by atoms with Crippen molar-refractivity contribution in [2.75, 3.05) is 36.0 Å². The predicted octanol–water partition coefficient (Wildman–Crippen LogP) is 2.49. The maximum Gasteiger partial charge on any atom is 0.519 e. The molecular weight excluding hydrogens is 555 g/mol. The van der Waals surface area contributed by atoms with E-state index >= 15 is 8.78 Å². The minimum atomic E-state index is -1.29. The molecule has 0 spiro atoms. The van der Waals surface area contributed by atoms with Gasteiger partial charge in [-0.2, -0.15) is 0 Å². The summed E-state index contributed by atoms with van der Waals surface area (Å²) in [6.45, 7) is 1.63. The number of piperidine rings is 1. The maximum atomic E-state index is 15.0. The van der Waals surface area contributed by atoms with E-state index in [4.69, 9.17) is 41.5 Å². The highest BCUT2D eigenvalue weighted by atomic mass is 35.5. The highest BCUT2D eigenvalue weighted by molar-refractivity contribution is 6.53. The number of anilines is 2. The number of benzene rings is 1. The van der Waals surface area contributed by atoms with E-state index in [-0.39, 0.29) is 67.5 Å². The van der Waals surface area contributed by atoms with Crippen LogP contribution in [0.2, 0.25) is 0 Å². The Morgan fingerprint density at radius 2 is 1.79 bits per heavy atom. The van der Waals surface area contributed by atoms with Gasteiger partial charge in [-0.25, -0.2) is 18.4 Å². The van der Waals surface area contributed by atoms with E-state index in [1.807, 2.05) is 0 Å². The molecule has 204 valence electrons. The molecule has 2 amide bonds. The number of carbonyl (C=O) groups excluding carboxylic acids is 3. The quantitative estimate of drug-likeness (QED) is 0.372. The Kier molecular flexibility index (Phi) is 6.99. The second-order valence-corrected chi connectivity index (χ2v) is 10.3. The molecule has 1 aromatic heterocycles. The molecule has 3 aliphatic rings. The summed E-state index contributed by atoms with van der Waals surface area (Å²) in [6, 6.07) is 2.07. The van der Waals surface area contributed by atoms with Crippen LogP contribution in [0.5, 0.6) is 0 Å². The summed E-state index contributed by atoms with van der Waals surface area (Å²) in [7, 11) is 0. The van der Waals surface area contributed by atoms with Crippen molar-refractivity contribution in [1.29, 1.82) is 0 Å². The Bertz CT molecular complexity index is 1310. The molecule has 5 rings (SSSR count). The van der Waals surface area contributed by atoms with Gasteiger partial charge in [0, 0.05) is 25.2 Å². The van der Waals surface area contributed by atoms with Gasteiger partial charge in [-0.05, 0) is 18.8 Å². The minimum Gasteiger partial charge on any atom is -0.457 e. The highest BCUT2D eigenvalue weighted by Gasteiger charge is 2.61. The van der Waals surface area contributed by atoms with Gasteiger partial charge in [0.2, 0.25) is 0 Å². The number of aryl methyl sites for hydroxylation is 1. The monoisotopic (exact) mass is 575 g/mol. The van der Waals surface area contributed by atoms with E-state index in [9.17, 15) is 19.2 Å². The van der Waals surface area contributed by atoms with Gasteiger partial charge in [0.1, 0.15) is 11.8 Å². The van der Waals surface area contributed by atoms with Crippen LogP contribution < -0.4 is 20.9 Å². The van der Waals surface area contributed by atoms with Crippen molar-refractivity contribution in [3.63, 3.8) is 0 Å². The number of hydrogen-bond donors (Lipinski definition) is 1. The number of esters is 1. The topological polar surface area (TPSA) is 132 Å². The molecule has 15 heteroatoms. The second kappa shape index (κ2) is 10.1. The summed E-state index contributed by atoms with van der Waals surface area (Å²) >= 11 is 10.9. The van der Waals surface area contributed by atoms with Crippen LogP contribution in [0.4, 0.5) is 25.0 Å². The van der Waals surface area contributed by atoms with E-state index in [1.165, 1.54) is 11.8 Å². The second-order valence-electron chi connectivity index (χ2n) is 9.22. The van der Waals surface area contributed by atoms with Crippen LogP contribution in [0.15, 0.2) is 25.8 Å². The maximum absolute atomic E-state index is 15.0. The summed E-state index contributed by atoms with van der Waals surface area (Å²) in [6.07, 6.45) is -1.59. The van der Waals surface area contributed by atoms with Crippen LogP contribution in [-0.4, -0.2) is 55.1 Å². The molecule has 3 fully saturated rings. The van der Waals surface area contributed by atoms with Crippen molar-refractivity contribution >= 4 is 52.5 Å². The zero-order valence-electron chi connectivity index (χ0n) is 19.7. The number of ether oxygens (including phenoxy) is 2. The molecule has 1 aliphatic carbocycles. The predicted molar refractivity (Wildman–Crippen MR) is 127 cm³/mol. The first-order valence-electron chi connectivity index (χ1n) is 11.6. The van der Waals surface area contributed by atoms with Gasteiger partial charge in [-0.1, -0.05) is 23.2 Å². The largest absolute Gasteiger partial charge is 0.519 e. The standard InChI is InChI=1S/C23H21Cl2F2N3O8/c1-9-16(38-23(34)36-9)8-35-21(32)17-12-6-29(7-13(12)17)18-14(26)2-10(3-15(18)27)30-5-11(37-22(30)33)4-28-20(31)19(24)25/h2-3,11-13,17,19H,4-8H2,1H3,(H,28,31)/t11-,12-,13+,17?/m0/s1. The first-order chi connectivity index (χ1) is 18.0. The molecule has 1 unspecified atom stereocenters. The lowest BCUT2D eigenvalue weighted by Crippen LogP contribution is -2.37. The Morgan fingerprint density at radius 3 is 2.37 bits per heavy atom. The fourth-order valence-electron chi connectivity index (χ4n) is 4.94. The molecule has 2 saturated heterocycles. The molecule has 11 nitrogen and oxygen atoms in total. The molecule has 0 radical (unpaired) electrons. The summed E-state index contributed by atoms with van der Waals surface area (Å²) in [5.41, 5.74) is -0.294. The van der Waals surface area contributed by atoms with Crippen molar-refractivity contribution in [1.82, 2.24) is 5.32 Å². The first-order valence-corrected chi connectivity index (χ1v) is 12.4. The lowest BCUT2D eigenvalue weighted by Gasteiger charge is -2.24. The Labute approximate surface area is 223 Å². The number of hydrogen-bond acceptors (Lipinski definition) is 9. The molecule has 1 N–H and O–H groups in total. The van der Waals surface area contributed by atoms with Crippen LogP contribution in [0.1, 0.15) is 11.5 Å². The van der Waals surface area contributed by atoms with Crippen LogP contribution in [0.3, 0.4) is 0 Å². The average molecular weight is 576 g/mol. The number of rotatable bonds is 8. The van der Waals surface area contributed by atoms with Crippen molar-refractivity contribution in [2.24, 2.45) is 17.8 Å². The Balaban J connectivity index is 1.17. The van der Waals surface area contributed by atoms with Crippen LogP contribution >= 0.6 is 23.2 Å². The van der Waals surface area contributed by atoms with E-state index in [1.54, 1.807) is 0 Å². The molecule has 0 bridgehead atoms. The average Bonchev–Trinajstić information content (AvgIpc) is 3.13. The summed E-state index contributed by atoms with van der Waals surface area (Å²) in [4.78, 5) is 48.6. The normalized spacial score (nSPS) is 24.0. The molecule has 38 heavy (non-hydrogen) atoms. The number of nitrogens with one attached hydrogen (secondary N) is 1. The van der Waals surface area contributed by atoms with E-state index in [2.05, 4.69) is 5.32 Å². The van der Waals surface area contributed by atoms with Gasteiger partial charge < -0.3 is 28.5 Å². The number of halogens is 4. The third kappa shape index (κ3) is 5.04. The van der Waals surface area contributed by atoms with Gasteiger partial charge in [-0.3, -0.25) is 14.5 Å². The smallest absolute Gasteiger partial charge is 0.457 e. The molecular formula is C23H21Cl2F2N3O8. The van der Waals surface area contributed by atoms with Crippen molar-refractivity contribution in [2.45, 2.75) is 24.5 Å². The number of cyclic esters (lactones) is 1. The molecule has 4 atom stereocenters. The zero-order chi connectivity index (χ0) is 27.3. The lowest BCUT2D eigenvalue weighted by atomic mass is 10.2. The number of amides is 2. The van der Waals surface area contributed by atoms with Crippen LogP contribution in [-0.2, 0) is 25.7 Å².